The molecule has 2 aliphatic heterocycles. The quantitative estimate of drug-likeness (QED) is 0.754. The summed E-state index contributed by atoms with van der Waals surface area (Å²) in [5, 5.41) is 3.30. The Kier molecular flexibility index (Phi) is 4.21. The molecular weight excluding hydrogens is 258 g/mol. The third-order valence-corrected chi connectivity index (χ3v) is 4.29. The SMILES string of the molecule is O=C(CC1COCCN1)N1CCN(C(=O)C2CC2)CC1. The van der Waals surface area contributed by atoms with Crippen molar-refractivity contribution in [3.63, 3.8) is 0 Å². The monoisotopic (exact) mass is 281 g/mol. The van der Waals surface area contributed by atoms with Crippen LogP contribution in [0.4, 0.5) is 0 Å². The van der Waals surface area contributed by atoms with Gasteiger partial charge in [-0.05, 0) is 12.8 Å². The molecule has 3 fully saturated rings. The maximum absolute atomic E-state index is 12.2. The van der Waals surface area contributed by atoms with Crippen LogP contribution < -0.4 is 5.32 Å². The molecule has 6 nitrogen and oxygen atoms in total. The second-order valence-electron chi connectivity index (χ2n) is 5.91. The fourth-order valence-corrected chi connectivity index (χ4v) is 2.86. The molecule has 1 aliphatic carbocycles. The van der Waals surface area contributed by atoms with Crippen LogP contribution in [0.1, 0.15) is 19.3 Å². The van der Waals surface area contributed by atoms with Crippen molar-refractivity contribution in [2.24, 2.45) is 5.92 Å². The Hall–Kier alpha value is -1.14. The van der Waals surface area contributed by atoms with E-state index in [0.29, 0.717) is 45.1 Å². The van der Waals surface area contributed by atoms with E-state index in [2.05, 4.69) is 5.32 Å². The van der Waals surface area contributed by atoms with Crippen molar-refractivity contribution in [1.82, 2.24) is 15.1 Å². The number of nitrogens with one attached hydrogen (secondary N) is 1. The van der Waals surface area contributed by atoms with Crippen LogP contribution in [0.15, 0.2) is 0 Å². The minimum Gasteiger partial charge on any atom is -0.378 e. The summed E-state index contributed by atoms with van der Waals surface area (Å²) >= 11 is 0. The second kappa shape index (κ2) is 6.10. The smallest absolute Gasteiger partial charge is 0.225 e. The molecule has 1 saturated carbocycles. The van der Waals surface area contributed by atoms with Crippen molar-refractivity contribution in [3.8, 4) is 0 Å². The van der Waals surface area contributed by atoms with E-state index in [1.807, 2.05) is 9.80 Å². The highest BCUT2D eigenvalue weighted by Gasteiger charge is 2.35. The molecule has 0 aromatic heterocycles. The summed E-state index contributed by atoms with van der Waals surface area (Å²) in [6, 6.07) is 0.141. The lowest BCUT2D eigenvalue weighted by Gasteiger charge is -2.36. The van der Waals surface area contributed by atoms with Gasteiger partial charge >= 0.3 is 0 Å². The lowest BCUT2D eigenvalue weighted by Crippen LogP contribution is -2.52. The molecular formula is C14H23N3O3. The number of amides is 2. The van der Waals surface area contributed by atoms with Crippen molar-refractivity contribution in [2.75, 3.05) is 45.9 Å². The van der Waals surface area contributed by atoms with Crippen LogP contribution in [-0.2, 0) is 14.3 Å². The van der Waals surface area contributed by atoms with Crippen molar-refractivity contribution in [3.05, 3.63) is 0 Å². The number of carbonyl (C=O) groups excluding carboxylic acids is 2. The summed E-state index contributed by atoms with van der Waals surface area (Å²) < 4.78 is 5.37. The molecule has 3 aliphatic rings. The van der Waals surface area contributed by atoms with Crippen molar-refractivity contribution in [1.29, 1.82) is 0 Å². The van der Waals surface area contributed by atoms with E-state index in [-0.39, 0.29) is 17.9 Å². The van der Waals surface area contributed by atoms with Gasteiger partial charge in [0.25, 0.3) is 0 Å². The largest absolute Gasteiger partial charge is 0.378 e. The normalized spacial score (nSPS) is 27.5. The molecule has 2 amide bonds. The maximum atomic E-state index is 12.2. The lowest BCUT2D eigenvalue weighted by molar-refractivity contribution is -0.140. The van der Waals surface area contributed by atoms with Crippen LogP contribution in [0.25, 0.3) is 0 Å². The van der Waals surface area contributed by atoms with Crippen LogP contribution in [-0.4, -0.2) is 73.6 Å². The number of piperazine rings is 1. The standard InChI is InChI=1S/C14H23N3O3/c18-13(9-12-10-20-8-3-15-12)16-4-6-17(7-5-16)14(19)11-1-2-11/h11-12,15H,1-10H2. The van der Waals surface area contributed by atoms with E-state index < -0.39 is 0 Å². The molecule has 6 heteroatoms. The first kappa shape index (κ1) is 13.8. The number of rotatable bonds is 3. The molecule has 20 heavy (non-hydrogen) atoms. The molecule has 0 radical (unpaired) electrons. The minimum absolute atomic E-state index is 0.141. The highest BCUT2D eigenvalue weighted by atomic mass is 16.5. The van der Waals surface area contributed by atoms with Crippen LogP contribution in [0, 0.1) is 5.92 Å². The Labute approximate surface area is 119 Å². The molecule has 1 unspecified atom stereocenters. The molecule has 1 N–H and O–H groups in total. The molecule has 112 valence electrons. The van der Waals surface area contributed by atoms with E-state index >= 15 is 0 Å². The Balaban J connectivity index is 1.42. The van der Waals surface area contributed by atoms with Crippen LogP contribution in [0.2, 0.25) is 0 Å². The van der Waals surface area contributed by atoms with Gasteiger partial charge in [-0.25, -0.2) is 0 Å². The van der Waals surface area contributed by atoms with E-state index in [0.717, 1.165) is 26.0 Å². The molecule has 0 bridgehead atoms. The van der Waals surface area contributed by atoms with Crippen molar-refractivity contribution in [2.45, 2.75) is 25.3 Å². The summed E-state index contributed by atoms with van der Waals surface area (Å²) in [6.45, 7) is 4.89. The van der Waals surface area contributed by atoms with Crippen LogP contribution >= 0.6 is 0 Å². The van der Waals surface area contributed by atoms with E-state index in [4.69, 9.17) is 4.74 Å². The van der Waals surface area contributed by atoms with Gasteiger partial charge in [0, 0.05) is 51.1 Å². The van der Waals surface area contributed by atoms with Crippen molar-refractivity contribution >= 4 is 11.8 Å². The predicted octanol–water partition coefficient (Wildman–Crippen LogP) is -0.554. The van der Waals surface area contributed by atoms with Crippen molar-refractivity contribution < 1.29 is 14.3 Å². The fourth-order valence-electron chi connectivity index (χ4n) is 2.86. The molecule has 1 atom stereocenters. The van der Waals surface area contributed by atoms with Gasteiger partial charge in [-0.15, -0.1) is 0 Å². The van der Waals surface area contributed by atoms with Crippen LogP contribution in [0.3, 0.4) is 0 Å². The zero-order chi connectivity index (χ0) is 13.9. The second-order valence-corrected chi connectivity index (χ2v) is 5.91. The number of hydrogen-bond donors (Lipinski definition) is 1. The molecule has 3 rings (SSSR count). The third-order valence-electron chi connectivity index (χ3n) is 4.29. The summed E-state index contributed by atoms with van der Waals surface area (Å²) in [5.41, 5.74) is 0. The lowest BCUT2D eigenvalue weighted by atomic mass is 10.1. The van der Waals surface area contributed by atoms with Gasteiger partial charge in [-0.2, -0.15) is 0 Å². The van der Waals surface area contributed by atoms with Gasteiger partial charge in [0.15, 0.2) is 0 Å². The summed E-state index contributed by atoms with van der Waals surface area (Å²) in [4.78, 5) is 28.0. The average molecular weight is 281 g/mol. The Morgan fingerprint density at radius 3 is 2.40 bits per heavy atom. The first-order valence-electron chi connectivity index (χ1n) is 7.62. The first-order chi connectivity index (χ1) is 9.74. The van der Waals surface area contributed by atoms with Gasteiger partial charge < -0.3 is 19.9 Å². The predicted molar refractivity (Wildman–Crippen MR) is 73.1 cm³/mol. The van der Waals surface area contributed by atoms with Gasteiger partial charge in [-0.1, -0.05) is 0 Å². The molecule has 0 spiro atoms. The topological polar surface area (TPSA) is 61.9 Å². The summed E-state index contributed by atoms with van der Waals surface area (Å²) in [7, 11) is 0. The third kappa shape index (κ3) is 3.30. The number of morpholine rings is 1. The Bertz CT molecular complexity index is 370. The van der Waals surface area contributed by atoms with E-state index in [1.165, 1.54) is 0 Å². The molecule has 0 aromatic carbocycles. The highest BCUT2D eigenvalue weighted by Crippen LogP contribution is 2.31. The van der Waals surface area contributed by atoms with Gasteiger partial charge in [0.2, 0.25) is 11.8 Å². The average Bonchev–Trinajstić information content (AvgIpc) is 3.32. The zero-order valence-electron chi connectivity index (χ0n) is 11.8. The Morgan fingerprint density at radius 1 is 1.10 bits per heavy atom. The number of nitrogens with zero attached hydrogens (tertiary/aromatic N) is 2. The zero-order valence-corrected chi connectivity index (χ0v) is 11.8. The van der Waals surface area contributed by atoms with Gasteiger partial charge in [0.1, 0.15) is 0 Å². The number of hydrogen-bond acceptors (Lipinski definition) is 4. The number of carbonyl (C=O) groups is 2. The highest BCUT2D eigenvalue weighted by molar-refractivity contribution is 5.82. The summed E-state index contributed by atoms with van der Waals surface area (Å²) in [5.74, 6) is 0.742. The molecule has 0 aromatic rings. The number of ether oxygens (including phenoxy) is 1. The first-order valence-corrected chi connectivity index (χ1v) is 7.62. The van der Waals surface area contributed by atoms with Gasteiger partial charge in [-0.3, -0.25) is 9.59 Å². The van der Waals surface area contributed by atoms with Crippen LogP contribution in [0.5, 0.6) is 0 Å². The van der Waals surface area contributed by atoms with E-state index in [1.54, 1.807) is 0 Å². The molecule has 2 heterocycles. The fraction of sp³-hybridized carbons (Fsp3) is 0.857. The summed E-state index contributed by atoms with van der Waals surface area (Å²) in [6.07, 6.45) is 2.59. The maximum Gasteiger partial charge on any atom is 0.225 e. The molecule has 2 saturated heterocycles. The minimum atomic E-state index is 0.141. The van der Waals surface area contributed by atoms with E-state index in [9.17, 15) is 9.59 Å². The van der Waals surface area contributed by atoms with Gasteiger partial charge in [0.05, 0.1) is 13.2 Å². The Morgan fingerprint density at radius 2 is 1.80 bits per heavy atom.